The van der Waals surface area contributed by atoms with E-state index in [1.165, 1.54) is 17.7 Å². The molecule has 3 rings (SSSR count). The van der Waals surface area contributed by atoms with Crippen LogP contribution < -0.4 is 5.32 Å². The van der Waals surface area contributed by atoms with Gasteiger partial charge in [0.05, 0.1) is 12.0 Å². The summed E-state index contributed by atoms with van der Waals surface area (Å²) in [6.07, 6.45) is 4.33. The monoisotopic (exact) mass is 208 g/mol. The number of thiazole rings is 1. The summed E-state index contributed by atoms with van der Waals surface area (Å²) >= 11 is 1.70. The second kappa shape index (κ2) is 2.79. The molecule has 1 aliphatic carbocycles. The molecule has 14 heavy (non-hydrogen) atoms. The summed E-state index contributed by atoms with van der Waals surface area (Å²) in [6, 6.07) is 0.216. The van der Waals surface area contributed by atoms with Crippen LogP contribution in [0.1, 0.15) is 28.8 Å². The highest BCUT2D eigenvalue weighted by Gasteiger charge is 2.50. The molecule has 1 saturated heterocycles. The summed E-state index contributed by atoms with van der Waals surface area (Å²) in [4.78, 5) is 16.9. The van der Waals surface area contributed by atoms with Gasteiger partial charge < -0.3 is 5.32 Å². The first-order valence-electron chi connectivity index (χ1n) is 4.98. The molecule has 1 aromatic rings. The third-order valence-electron chi connectivity index (χ3n) is 2.99. The molecule has 74 valence electrons. The molecule has 3 nitrogen and oxygen atoms in total. The minimum absolute atomic E-state index is 0.216. The zero-order valence-electron chi connectivity index (χ0n) is 7.99. The van der Waals surface area contributed by atoms with Crippen LogP contribution >= 0.6 is 11.3 Å². The van der Waals surface area contributed by atoms with Crippen molar-refractivity contribution in [2.45, 2.75) is 25.8 Å². The van der Waals surface area contributed by atoms with Crippen molar-refractivity contribution in [2.24, 2.45) is 11.8 Å². The van der Waals surface area contributed by atoms with E-state index < -0.39 is 0 Å². The van der Waals surface area contributed by atoms with Crippen molar-refractivity contribution < 1.29 is 4.79 Å². The Kier molecular flexibility index (Phi) is 1.68. The van der Waals surface area contributed by atoms with Gasteiger partial charge in [-0.15, -0.1) is 11.3 Å². The molecule has 0 aromatic carbocycles. The SMILES string of the molecule is Cc1cnc(C2NC(=O)C2C2CC2)s1. The second-order valence-electron chi connectivity index (χ2n) is 4.16. The summed E-state index contributed by atoms with van der Waals surface area (Å²) in [7, 11) is 0. The van der Waals surface area contributed by atoms with E-state index >= 15 is 0 Å². The van der Waals surface area contributed by atoms with Crippen LogP contribution in [0.3, 0.4) is 0 Å². The van der Waals surface area contributed by atoms with Gasteiger partial charge in [-0.1, -0.05) is 0 Å². The molecule has 0 spiro atoms. The fraction of sp³-hybridized carbons (Fsp3) is 0.600. The maximum absolute atomic E-state index is 11.4. The van der Waals surface area contributed by atoms with Gasteiger partial charge in [0.2, 0.25) is 5.91 Å². The van der Waals surface area contributed by atoms with Gasteiger partial charge in [0.15, 0.2) is 0 Å². The highest BCUT2D eigenvalue weighted by atomic mass is 32.1. The number of nitrogens with one attached hydrogen (secondary N) is 1. The molecule has 1 aromatic heterocycles. The van der Waals surface area contributed by atoms with E-state index in [0.29, 0.717) is 5.92 Å². The number of carbonyl (C=O) groups is 1. The molecule has 0 radical (unpaired) electrons. The van der Waals surface area contributed by atoms with E-state index in [1.807, 2.05) is 13.1 Å². The molecular weight excluding hydrogens is 196 g/mol. The van der Waals surface area contributed by atoms with E-state index in [4.69, 9.17) is 0 Å². The van der Waals surface area contributed by atoms with Gasteiger partial charge in [0, 0.05) is 11.1 Å². The van der Waals surface area contributed by atoms with Crippen LogP contribution in [0.5, 0.6) is 0 Å². The van der Waals surface area contributed by atoms with Crippen LogP contribution in [0, 0.1) is 18.8 Å². The molecule has 1 saturated carbocycles. The maximum Gasteiger partial charge on any atom is 0.226 e. The van der Waals surface area contributed by atoms with E-state index in [9.17, 15) is 4.79 Å². The van der Waals surface area contributed by atoms with E-state index in [1.54, 1.807) is 11.3 Å². The van der Waals surface area contributed by atoms with E-state index in [0.717, 1.165) is 5.01 Å². The predicted molar refractivity (Wildman–Crippen MR) is 53.9 cm³/mol. The average molecular weight is 208 g/mol. The summed E-state index contributed by atoms with van der Waals surface area (Å²) in [6.45, 7) is 2.05. The average Bonchev–Trinajstić information content (AvgIpc) is 2.84. The first-order valence-corrected chi connectivity index (χ1v) is 5.80. The van der Waals surface area contributed by atoms with Crippen molar-refractivity contribution >= 4 is 17.2 Å². The van der Waals surface area contributed by atoms with Gasteiger partial charge in [-0.05, 0) is 25.7 Å². The van der Waals surface area contributed by atoms with Crippen LogP contribution in [0.2, 0.25) is 0 Å². The molecule has 1 N–H and O–H groups in total. The summed E-state index contributed by atoms with van der Waals surface area (Å²) < 4.78 is 0. The Balaban J connectivity index is 1.82. The third kappa shape index (κ3) is 1.17. The lowest BCUT2D eigenvalue weighted by Crippen LogP contribution is -2.52. The Morgan fingerprint density at radius 2 is 2.36 bits per heavy atom. The largest absolute Gasteiger partial charge is 0.346 e. The van der Waals surface area contributed by atoms with Crippen LogP contribution in [-0.2, 0) is 4.79 Å². The molecule has 2 fully saturated rings. The second-order valence-corrected chi connectivity index (χ2v) is 5.42. The molecule has 4 heteroatoms. The summed E-state index contributed by atoms with van der Waals surface area (Å²) in [5.41, 5.74) is 0. The molecule has 2 heterocycles. The number of aromatic nitrogens is 1. The molecular formula is C10H12N2OS. The van der Waals surface area contributed by atoms with Gasteiger partial charge in [-0.3, -0.25) is 4.79 Å². The molecule has 2 unspecified atom stereocenters. The number of aryl methyl sites for hydroxylation is 1. The highest BCUT2D eigenvalue weighted by molar-refractivity contribution is 7.11. The van der Waals surface area contributed by atoms with Crippen LogP contribution in [0.4, 0.5) is 0 Å². The summed E-state index contributed by atoms with van der Waals surface area (Å²) in [5, 5.41) is 4.04. The Hall–Kier alpha value is -0.900. The number of amides is 1. The third-order valence-corrected chi connectivity index (χ3v) is 3.99. The molecule has 2 atom stereocenters. The van der Waals surface area contributed by atoms with Crippen molar-refractivity contribution in [3.8, 4) is 0 Å². The quantitative estimate of drug-likeness (QED) is 0.751. The van der Waals surface area contributed by atoms with Crippen molar-refractivity contribution in [3.63, 3.8) is 0 Å². The lowest BCUT2D eigenvalue weighted by molar-refractivity contribution is -0.136. The first kappa shape index (κ1) is 8.41. The van der Waals surface area contributed by atoms with Crippen LogP contribution in [0.25, 0.3) is 0 Å². The highest BCUT2D eigenvalue weighted by Crippen LogP contribution is 2.47. The van der Waals surface area contributed by atoms with Crippen LogP contribution in [0.15, 0.2) is 6.20 Å². The Morgan fingerprint density at radius 1 is 1.57 bits per heavy atom. The molecule has 1 amide bonds. The molecule has 0 bridgehead atoms. The smallest absolute Gasteiger partial charge is 0.226 e. The molecule has 1 aliphatic heterocycles. The Labute approximate surface area is 86.5 Å². The topological polar surface area (TPSA) is 42.0 Å². The van der Waals surface area contributed by atoms with Crippen molar-refractivity contribution in [1.82, 2.24) is 10.3 Å². The van der Waals surface area contributed by atoms with E-state index in [-0.39, 0.29) is 17.9 Å². The van der Waals surface area contributed by atoms with Gasteiger partial charge in [-0.2, -0.15) is 0 Å². The number of nitrogens with zero attached hydrogens (tertiary/aromatic N) is 1. The first-order chi connectivity index (χ1) is 6.75. The number of hydrogen-bond acceptors (Lipinski definition) is 3. The normalized spacial score (nSPS) is 31.1. The standard InChI is InChI=1S/C10H12N2OS/c1-5-4-11-10(14-5)8-7(6-2-3-6)9(13)12-8/h4,6-8H,2-3H2,1H3,(H,12,13). The molecule has 2 aliphatic rings. The van der Waals surface area contributed by atoms with Gasteiger partial charge in [0.25, 0.3) is 0 Å². The lowest BCUT2D eigenvalue weighted by atomic mass is 9.86. The zero-order chi connectivity index (χ0) is 9.71. The maximum atomic E-state index is 11.4. The minimum atomic E-state index is 0.216. The van der Waals surface area contributed by atoms with Crippen molar-refractivity contribution in [2.75, 3.05) is 0 Å². The summed E-state index contributed by atoms with van der Waals surface area (Å²) in [5.74, 6) is 1.09. The Morgan fingerprint density at radius 3 is 2.86 bits per heavy atom. The fourth-order valence-electron chi connectivity index (χ4n) is 2.07. The Bertz CT molecular complexity index is 383. The number of β-lactam (4-membered cyclic amide) rings is 1. The zero-order valence-corrected chi connectivity index (χ0v) is 8.80. The predicted octanol–water partition coefficient (Wildman–Crippen LogP) is 1.65. The van der Waals surface area contributed by atoms with E-state index in [2.05, 4.69) is 10.3 Å². The van der Waals surface area contributed by atoms with Crippen LogP contribution in [-0.4, -0.2) is 10.9 Å². The van der Waals surface area contributed by atoms with Gasteiger partial charge >= 0.3 is 0 Å². The lowest BCUT2D eigenvalue weighted by Gasteiger charge is -2.35. The van der Waals surface area contributed by atoms with Crippen molar-refractivity contribution in [1.29, 1.82) is 0 Å². The number of hydrogen-bond donors (Lipinski definition) is 1. The minimum Gasteiger partial charge on any atom is -0.346 e. The van der Waals surface area contributed by atoms with Crippen molar-refractivity contribution in [3.05, 3.63) is 16.1 Å². The van der Waals surface area contributed by atoms with Gasteiger partial charge in [-0.25, -0.2) is 4.98 Å². The van der Waals surface area contributed by atoms with Gasteiger partial charge in [0.1, 0.15) is 5.01 Å². The number of carbonyl (C=O) groups excluding carboxylic acids is 1. The number of rotatable bonds is 2. The fourth-order valence-corrected chi connectivity index (χ4v) is 2.94.